The molecule has 1 heterocycles. The Balaban J connectivity index is 2.14. The van der Waals surface area contributed by atoms with Gasteiger partial charge in [-0.1, -0.05) is 0 Å². The molecule has 0 aliphatic heterocycles. The first-order valence-electron chi connectivity index (χ1n) is 5.29. The average molecular weight is 261 g/mol. The zero-order valence-electron chi connectivity index (χ0n) is 9.82. The fourth-order valence-electron chi connectivity index (χ4n) is 1.35. The normalized spacial score (nSPS) is 12.9. The van der Waals surface area contributed by atoms with Crippen molar-refractivity contribution >= 4 is 22.6 Å². The van der Waals surface area contributed by atoms with Crippen molar-refractivity contribution in [2.75, 3.05) is 24.8 Å². The molecule has 3 nitrogen and oxygen atoms in total. The van der Waals surface area contributed by atoms with Crippen LogP contribution in [0.25, 0.3) is 0 Å². The van der Waals surface area contributed by atoms with Crippen molar-refractivity contribution in [3.8, 4) is 0 Å². The van der Waals surface area contributed by atoms with E-state index in [1.807, 2.05) is 12.1 Å². The molecule has 0 aliphatic rings. The molecule has 1 rings (SSSR count). The molecule has 5 heteroatoms. The summed E-state index contributed by atoms with van der Waals surface area (Å²) in [7, 11) is -0.678. The Morgan fingerprint density at radius 2 is 2.19 bits per heavy atom. The van der Waals surface area contributed by atoms with Gasteiger partial charge >= 0.3 is 0 Å². The van der Waals surface area contributed by atoms with Gasteiger partial charge in [-0.05, 0) is 31.4 Å². The largest absolute Gasteiger partial charge is 0.464 e. The highest BCUT2D eigenvalue weighted by Gasteiger charge is 2.00. The molecular formula is C11H19NO2S2. The van der Waals surface area contributed by atoms with E-state index in [4.69, 9.17) is 4.42 Å². The summed E-state index contributed by atoms with van der Waals surface area (Å²) in [4.78, 5) is 0. The fraction of sp³-hybridized carbons (Fsp3) is 0.636. The maximum absolute atomic E-state index is 10.8. The van der Waals surface area contributed by atoms with Crippen LogP contribution in [0.1, 0.15) is 17.9 Å². The molecule has 0 radical (unpaired) electrons. The van der Waals surface area contributed by atoms with E-state index in [1.165, 1.54) is 0 Å². The fourth-order valence-corrected chi connectivity index (χ4v) is 2.34. The van der Waals surface area contributed by atoms with Crippen LogP contribution in [-0.4, -0.2) is 29.0 Å². The average Bonchev–Trinajstić information content (AvgIpc) is 2.65. The molecule has 0 spiro atoms. The minimum atomic E-state index is -0.678. The second-order valence-electron chi connectivity index (χ2n) is 3.61. The molecule has 0 aromatic carbocycles. The van der Waals surface area contributed by atoms with Crippen LogP contribution in [0.15, 0.2) is 16.5 Å². The van der Waals surface area contributed by atoms with E-state index in [-0.39, 0.29) is 0 Å². The first-order chi connectivity index (χ1) is 7.72. The van der Waals surface area contributed by atoms with Crippen LogP contribution in [0.2, 0.25) is 0 Å². The molecule has 0 bridgehead atoms. The highest BCUT2D eigenvalue weighted by atomic mass is 32.2. The number of hydrogen-bond donors (Lipinski definition) is 1. The Labute approximate surface area is 104 Å². The number of hydrogen-bond acceptors (Lipinski definition) is 4. The number of furan rings is 1. The molecule has 0 saturated carbocycles. The van der Waals surface area contributed by atoms with Crippen molar-refractivity contribution in [1.29, 1.82) is 0 Å². The van der Waals surface area contributed by atoms with Gasteiger partial charge in [-0.2, -0.15) is 11.8 Å². The molecule has 16 heavy (non-hydrogen) atoms. The van der Waals surface area contributed by atoms with Gasteiger partial charge in [0.25, 0.3) is 0 Å². The van der Waals surface area contributed by atoms with Gasteiger partial charge in [-0.3, -0.25) is 4.21 Å². The monoisotopic (exact) mass is 261 g/mol. The van der Waals surface area contributed by atoms with Crippen molar-refractivity contribution in [2.45, 2.75) is 18.7 Å². The van der Waals surface area contributed by atoms with Crippen molar-refractivity contribution in [3.05, 3.63) is 23.7 Å². The van der Waals surface area contributed by atoms with Crippen LogP contribution in [0.5, 0.6) is 0 Å². The third kappa shape index (κ3) is 5.72. The number of rotatable bonds is 8. The van der Waals surface area contributed by atoms with Crippen LogP contribution in [0.4, 0.5) is 0 Å². The van der Waals surface area contributed by atoms with Crippen molar-refractivity contribution in [2.24, 2.45) is 0 Å². The molecule has 0 saturated heterocycles. The summed E-state index contributed by atoms with van der Waals surface area (Å²) < 4.78 is 16.4. The lowest BCUT2D eigenvalue weighted by Crippen LogP contribution is -2.16. The summed E-state index contributed by atoms with van der Waals surface area (Å²) in [6, 6.07) is 4.03. The molecule has 1 aromatic heterocycles. The Bertz CT molecular complexity index is 326. The topological polar surface area (TPSA) is 42.2 Å². The SMILES string of the molecule is CSCc1ccc(CNCCCS(C)=O)o1. The van der Waals surface area contributed by atoms with Crippen LogP contribution in [-0.2, 0) is 23.1 Å². The summed E-state index contributed by atoms with van der Waals surface area (Å²) in [6.07, 6.45) is 4.74. The van der Waals surface area contributed by atoms with Gasteiger partial charge in [-0.15, -0.1) is 0 Å². The first kappa shape index (κ1) is 13.8. The molecular weight excluding hydrogens is 242 g/mol. The summed E-state index contributed by atoms with van der Waals surface area (Å²) in [5.74, 6) is 3.69. The van der Waals surface area contributed by atoms with E-state index in [2.05, 4.69) is 11.6 Å². The lowest BCUT2D eigenvalue weighted by molar-refractivity contribution is 0.460. The maximum atomic E-state index is 10.8. The first-order valence-corrected chi connectivity index (χ1v) is 8.41. The van der Waals surface area contributed by atoms with E-state index >= 15 is 0 Å². The molecule has 1 N–H and O–H groups in total. The Morgan fingerprint density at radius 1 is 1.44 bits per heavy atom. The van der Waals surface area contributed by atoms with Crippen LogP contribution in [0, 0.1) is 0 Å². The van der Waals surface area contributed by atoms with Gasteiger partial charge in [0.2, 0.25) is 0 Å². The van der Waals surface area contributed by atoms with Crippen LogP contribution in [0.3, 0.4) is 0 Å². The zero-order chi connectivity index (χ0) is 11.8. The third-order valence-electron chi connectivity index (χ3n) is 2.09. The summed E-state index contributed by atoms with van der Waals surface area (Å²) in [5.41, 5.74) is 0. The molecule has 0 fully saturated rings. The zero-order valence-corrected chi connectivity index (χ0v) is 11.5. The smallest absolute Gasteiger partial charge is 0.117 e. The van der Waals surface area contributed by atoms with Crippen molar-refractivity contribution in [1.82, 2.24) is 5.32 Å². The second kappa shape index (κ2) is 7.92. The summed E-state index contributed by atoms with van der Waals surface area (Å²) in [6.45, 7) is 1.64. The number of thioether (sulfide) groups is 1. The lowest BCUT2D eigenvalue weighted by atomic mass is 10.4. The standard InChI is InChI=1S/C11H19NO2S2/c1-15-9-11-5-4-10(14-11)8-12-6-3-7-16(2)13/h4-5,12H,3,6-9H2,1-2H3. The van der Waals surface area contributed by atoms with Gasteiger partial charge in [0.15, 0.2) is 0 Å². The minimum Gasteiger partial charge on any atom is -0.464 e. The second-order valence-corrected chi connectivity index (χ2v) is 6.03. The van der Waals surface area contributed by atoms with E-state index in [0.717, 1.165) is 42.5 Å². The highest BCUT2D eigenvalue weighted by Crippen LogP contribution is 2.12. The lowest BCUT2D eigenvalue weighted by Gasteiger charge is -2.01. The molecule has 1 aromatic rings. The van der Waals surface area contributed by atoms with Crippen molar-refractivity contribution < 1.29 is 8.63 Å². The molecule has 0 amide bonds. The van der Waals surface area contributed by atoms with E-state index < -0.39 is 10.8 Å². The quantitative estimate of drug-likeness (QED) is 0.727. The van der Waals surface area contributed by atoms with E-state index in [0.29, 0.717) is 0 Å². The number of nitrogens with one attached hydrogen (secondary N) is 1. The predicted octanol–water partition coefficient (Wildman–Crippen LogP) is 2.00. The van der Waals surface area contributed by atoms with Gasteiger partial charge in [0.05, 0.1) is 12.3 Å². The third-order valence-corrected chi connectivity index (χ3v) is 3.53. The van der Waals surface area contributed by atoms with E-state index in [1.54, 1.807) is 18.0 Å². The Morgan fingerprint density at radius 3 is 2.88 bits per heavy atom. The van der Waals surface area contributed by atoms with Gasteiger partial charge in [0.1, 0.15) is 11.5 Å². The minimum absolute atomic E-state index is 0.678. The molecule has 1 atom stereocenters. The summed E-state index contributed by atoms with van der Waals surface area (Å²) >= 11 is 1.76. The van der Waals surface area contributed by atoms with Gasteiger partial charge in [-0.25, -0.2) is 0 Å². The van der Waals surface area contributed by atoms with Gasteiger partial charge in [0, 0.05) is 22.8 Å². The van der Waals surface area contributed by atoms with Gasteiger partial charge < -0.3 is 9.73 Å². The van der Waals surface area contributed by atoms with Crippen LogP contribution < -0.4 is 5.32 Å². The van der Waals surface area contributed by atoms with Crippen LogP contribution >= 0.6 is 11.8 Å². The molecule has 0 aliphatic carbocycles. The predicted molar refractivity (Wildman–Crippen MR) is 71.2 cm³/mol. The summed E-state index contributed by atoms with van der Waals surface area (Å²) in [5, 5.41) is 3.28. The molecule has 1 unspecified atom stereocenters. The molecule has 92 valence electrons. The Hall–Kier alpha value is -0.260. The van der Waals surface area contributed by atoms with E-state index in [9.17, 15) is 4.21 Å². The Kier molecular flexibility index (Phi) is 6.84. The highest BCUT2D eigenvalue weighted by molar-refractivity contribution is 7.97. The van der Waals surface area contributed by atoms with Crippen molar-refractivity contribution in [3.63, 3.8) is 0 Å². The maximum Gasteiger partial charge on any atom is 0.117 e.